The molecule has 3 aromatic rings. The predicted molar refractivity (Wildman–Crippen MR) is 117 cm³/mol. The SMILES string of the molecule is C=C(c1ccccc1)C1CN(Cc2ccc(OC)cc2)C(=O)N1c1ccccc1. The molecular weight excluding hydrogens is 360 g/mol. The van der Waals surface area contributed by atoms with E-state index in [9.17, 15) is 4.79 Å². The fourth-order valence-corrected chi connectivity index (χ4v) is 3.73. The van der Waals surface area contributed by atoms with E-state index in [0.29, 0.717) is 13.1 Å². The number of hydrogen-bond donors (Lipinski definition) is 0. The third-order valence-corrected chi connectivity index (χ3v) is 5.30. The summed E-state index contributed by atoms with van der Waals surface area (Å²) in [5.41, 5.74) is 3.95. The largest absolute Gasteiger partial charge is 0.497 e. The third-order valence-electron chi connectivity index (χ3n) is 5.30. The van der Waals surface area contributed by atoms with Crippen molar-refractivity contribution >= 4 is 17.3 Å². The molecule has 146 valence electrons. The normalized spacial score (nSPS) is 16.2. The quantitative estimate of drug-likeness (QED) is 0.584. The Morgan fingerprint density at radius 3 is 2.21 bits per heavy atom. The Balaban J connectivity index is 1.63. The highest BCUT2D eigenvalue weighted by molar-refractivity contribution is 5.98. The van der Waals surface area contributed by atoms with Crippen LogP contribution in [0, 0.1) is 0 Å². The minimum atomic E-state index is -0.120. The van der Waals surface area contributed by atoms with E-state index in [4.69, 9.17) is 4.74 Å². The van der Waals surface area contributed by atoms with Gasteiger partial charge in [0.05, 0.1) is 13.2 Å². The minimum absolute atomic E-state index is 0.00546. The van der Waals surface area contributed by atoms with Gasteiger partial charge in [0.25, 0.3) is 0 Å². The van der Waals surface area contributed by atoms with Gasteiger partial charge in [-0.15, -0.1) is 0 Å². The lowest BCUT2D eigenvalue weighted by Gasteiger charge is -2.25. The standard InChI is InChI=1S/C25H24N2O2/c1-19(21-9-5-3-6-10-21)24-18-26(17-20-13-15-23(29-2)16-14-20)25(28)27(24)22-11-7-4-8-12-22/h3-16,24H,1,17-18H2,2H3. The molecule has 3 aromatic carbocycles. The molecular formula is C25H24N2O2. The van der Waals surface area contributed by atoms with Crippen molar-refractivity contribution in [2.75, 3.05) is 18.6 Å². The average Bonchev–Trinajstić information content (AvgIpc) is 3.11. The van der Waals surface area contributed by atoms with Crippen LogP contribution < -0.4 is 9.64 Å². The molecule has 0 saturated carbocycles. The molecule has 1 aliphatic rings. The summed E-state index contributed by atoms with van der Waals surface area (Å²) < 4.78 is 5.23. The van der Waals surface area contributed by atoms with Gasteiger partial charge in [-0.1, -0.05) is 67.2 Å². The number of rotatable bonds is 6. The lowest BCUT2D eigenvalue weighted by molar-refractivity contribution is 0.218. The molecule has 0 bridgehead atoms. The van der Waals surface area contributed by atoms with Crippen LogP contribution in [0.3, 0.4) is 0 Å². The summed E-state index contributed by atoms with van der Waals surface area (Å²) in [6.07, 6.45) is 0. The van der Waals surface area contributed by atoms with Crippen LogP contribution >= 0.6 is 0 Å². The summed E-state index contributed by atoms with van der Waals surface area (Å²) >= 11 is 0. The number of anilines is 1. The fraction of sp³-hybridized carbons (Fsp3) is 0.160. The second kappa shape index (κ2) is 8.23. The molecule has 4 heteroatoms. The molecule has 0 aromatic heterocycles. The van der Waals surface area contributed by atoms with Crippen LogP contribution in [0.4, 0.5) is 10.5 Å². The van der Waals surface area contributed by atoms with Crippen molar-refractivity contribution in [3.8, 4) is 5.75 Å². The topological polar surface area (TPSA) is 32.8 Å². The van der Waals surface area contributed by atoms with Gasteiger partial charge < -0.3 is 9.64 Å². The number of hydrogen-bond acceptors (Lipinski definition) is 2. The van der Waals surface area contributed by atoms with Crippen LogP contribution in [0.15, 0.2) is 91.5 Å². The van der Waals surface area contributed by atoms with Gasteiger partial charge in [0.1, 0.15) is 5.75 Å². The molecule has 1 heterocycles. The lowest BCUT2D eigenvalue weighted by Crippen LogP contribution is -2.35. The molecule has 29 heavy (non-hydrogen) atoms. The Morgan fingerprint density at radius 1 is 0.966 bits per heavy atom. The van der Waals surface area contributed by atoms with Gasteiger partial charge in [-0.05, 0) is 41.0 Å². The van der Waals surface area contributed by atoms with Crippen molar-refractivity contribution in [3.05, 3.63) is 103 Å². The van der Waals surface area contributed by atoms with Crippen LogP contribution in [-0.4, -0.2) is 30.6 Å². The molecule has 0 N–H and O–H groups in total. The molecule has 0 radical (unpaired) electrons. The first kappa shape index (κ1) is 18.8. The summed E-state index contributed by atoms with van der Waals surface area (Å²) in [5.74, 6) is 0.808. The molecule has 1 saturated heterocycles. The van der Waals surface area contributed by atoms with Crippen molar-refractivity contribution in [1.82, 2.24) is 4.90 Å². The van der Waals surface area contributed by atoms with Gasteiger partial charge in [0, 0.05) is 18.8 Å². The molecule has 1 aliphatic heterocycles. The second-order valence-corrected chi connectivity index (χ2v) is 7.12. The molecule has 4 rings (SSSR count). The number of para-hydroxylation sites is 1. The highest BCUT2D eigenvalue weighted by atomic mass is 16.5. The number of carbonyl (C=O) groups excluding carboxylic acids is 1. The Labute approximate surface area is 171 Å². The summed E-state index contributed by atoms with van der Waals surface area (Å²) in [5, 5.41) is 0. The third kappa shape index (κ3) is 3.87. The average molecular weight is 384 g/mol. The van der Waals surface area contributed by atoms with Gasteiger partial charge in [-0.2, -0.15) is 0 Å². The summed E-state index contributed by atoms with van der Waals surface area (Å²) in [4.78, 5) is 17.1. The maximum atomic E-state index is 13.4. The van der Waals surface area contributed by atoms with E-state index < -0.39 is 0 Å². The summed E-state index contributed by atoms with van der Waals surface area (Å²) in [6.45, 7) is 5.48. The van der Waals surface area contributed by atoms with Crippen LogP contribution in [-0.2, 0) is 6.54 Å². The molecule has 2 amide bonds. The smallest absolute Gasteiger partial charge is 0.325 e. The second-order valence-electron chi connectivity index (χ2n) is 7.12. The van der Waals surface area contributed by atoms with Gasteiger partial charge >= 0.3 is 6.03 Å². The first-order valence-electron chi connectivity index (χ1n) is 9.67. The molecule has 0 aliphatic carbocycles. The Morgan fingerprint density at radius 2 is 1.59 bits per heavy atom. The van der Waals surface area contributed by atoms with Crippen LogP contribution in [0.5, 0.6) is 5.75 Å². The van der Waals surface area contributed by atoms with Gasteiger partial charge in [-0.3, -0.25) is 4.90 Å². The number of urea groups is 1. The monoisotopic (exact) mass is 384 g/mol. The number of carbonyl (C=O) groups is 1. The lowest BCUT2D eigenvalue weighted by atomic mass is 9.99. The van der Waals surface area contributed by atoms with E-state index in [-0.39, 0.29) is 12.1 Å². The van der Waals surface area contributed by atoms with E-state index in [1.165, 1.54) is 0 Å². The zero-order valence-electron chi connectivity index (χ0n) is 16.5. The highest BCUT2D eigenvalue weighted by Gasteiger charge is 2.39. The van der Waals surface area contributed by atoms with Crippen molar-refractivity contribution in [3.63, 3.8) is 0 Å². The van der Waals surface area contributed by atoms with Crippen LogP contribution in [0.1, 0.15) is 11.1 Å². The maximum absolute atomic E-state index is 13.4. The predicted octanol–water partition coefficient (Wildman–Crippen LogP) is 5.22. The van der Waals surface area contributed by atoms with Crippen LogP contribution in [0.25, 0.3) is 5.57 Å². The number of nitrogens with zero attached hydrogens (tertiary/aromatic N) is 2. The Bertz CT molecular complexity index is 984. The van der Waals surface area contributed by atoms with E-state index in [0.717, 1.165) is 28.1 Å². The Hall–Kier alpha value is -3.53. The van der Waals surface area contributed by atoms with Gasteiger partial charge in [-0.25, -0.2) is 4.79 Å². The molecule has 4 nitrogen and oxygen atoms in total. The number of methoxy groups -OCH3 is 1. The van der Waals surface area contributed by atoms with E-state index >= 15 is 0 Å². The molecule has 1 atom stereocenters. The van der Waals surface area contributed by atoms with E-state index in [1.807, 2.05) is 94.7 Å². The van der Waals surface area contributed by atoms with Gasteiger partial charge in [0.15, 0.2) is 0 Å². The van der Waals surface area contributed by atoms with Crippen molar-refractivity contribution in [1.29, 1.82) is 0 Å². The van der Waals surface area contributed by atoms with Gasteiger partial charge in [0.2, 0.25) is 0 Å². The van der Waals surface area contributed by atoms with E-state index in [2.05, 4.69) is 6.58 Å². The van der Waals surface area contributed by atoms with E-state index in [1.54, 1.807) is 7.11 Å². The summed E-state index contributed by atoms with van der Waals surface area (Å²) in [7, 11) is 1.65. The highest BCUT2D eigenvalue weighted by Crippen LogP contribution is 2.32. The zero-order chi connectivity index (χ0) is 20.2. The summed E-state index contributed by atoms with van der Waals surface area (Å²) in [6, 6.07) is 27.6. The van der Waals surface area contributed by atoms with Crippen molar-refractivity contribution < 1.29 is 9.53 Å². The number of amides is 2. The molecule has 0 spiro atoms. The number of ether oxygens (including phenoxy) is 1. The minimum Gasteiger partial charge on any atom is -0.497 e. The van der Waals surface area contributed by atoms with Crippen molar-refractivity contribution in [2.24, 2.45) is 0 Å². The molecule has 1 fully saturated rings. The fourth-order valence-electron chi connectivity index (χ4n) is 3.73. The van der Waals surface area contributed by atoms with Crippen LogP contribution in [0.2, 0.25) is 0 Å². The first-order chi connectivity index (χ1) is 14.2. The Kier molecular flexibility index (Phi) is 5.34. The zero-order valence-corrected chi connectivity index (χ0v) is 16.5. The van der Waals surface area contributed by atoms with Crippen molar-refractivity contribution in [2.45, 2.75) is 12.6 Å². The molecule has 1 unspecified atom stereocenters. The first-order valence-corrected chi connectivity index (χ1v) is 9.67. The maximum Gasteiger partial charge on any atom is 0.325 e. The number of benzene rings is 3.